The van der Waals surface area contributed by atoms with Gasteiger partial charge in [0, 0.05) is 4.88 Å². The second-order valence-corrected chi connectivity index (χ2v) is 4.92. The molecule has 0 aliphatic heterocycles. The molecule has 0 unspecified atom stereocenters. The molecule has 1 aromatic heterocycles. The number of hydrogen-bond donors (Lipinski definition) is 1. The Morgan fingerprint density at radius 2 is 2.12 bits per heavy atom. The molecule has 1 aromatic rings. The molecule has 0 aliphatic carbocycles. The zero-order chi connectivity index (χ0) is 12.1. The maximum Gasteiger partial charge on any atom is 0.325 e. The van der Waals surface area contributed by atoms with Crippen LogP contribution in [0.5, 0.6) is 0 Å². The first-order valence-corrected chi connectivity index (χ1v) is 5.85. The molecule has 0 bridgehead atoms. The second-order valence-electron chi connectivity index (χ2n) is 3.63. The van der Waals surface area contributed by atoms with Crippen molar-refractivity contribution >= 4 is 23.2 Å². The van der Waals surface area contributed by atoms with Gasteiger partial charge in [0.15, 0.2) is 0 Å². The summed E-state index contributed by atoms with van der Waals surface area (Å²) in [5.74, 6) is -0.657. The molecule has 4 nitrogen and oxygen atoms in total. The van der Waals surface area contributed by atoms with Crippen molar-refractivity contribution in [3.8, 4) is 0 Å². The molecule has 0 fully saturated rings. The van der Waals surface area contributed by atoms with Crippen molar-refractivity contribution in [2.75, 3.05) is 6.54 Å². The van der Waals surface area contributed by atoms with E-state index in [4.69, 9.17) is 4.74 Å². The molecule has 0 aliphatic rings. The third kappa shape index (κ3) is 4.02. The highest BCUT2D eigenvalue weighted by Gasteiger charge is 2.11. The molecule has 0 saturated carbocycles. The highest BCUT2D eigenvalue weighted by atomic mass is 32.1. The van der Waals surface area contributed by atoms with E-state index in [1.54, 1.807) is 19.9 Å². The van der Waals surface area contributed by atoms with E-state index < -0.39 is 5.97 Å². The van der Waals surface area contributed by atoms with Crippen LogP contribution in [-0.2, 0) is 9.53 Å². The summed E-state index contributed by atoms with van der Waals surface area (Å²) in [5, 5.41) is 2.51. The van der Waals surface area contributed by atoms with Gasteiger partial charge in [0.2, 0.25) is 0 Å². The van der Waals surface area contributed by atoms with Gasteiger partial charge in [-0.15, -0.1) is 11.3 Å². The lowest BCUT2D eigenvalue weighted by Crippen LogP contribution is -2.31. The zero-order valence-corrected chi connectivity index (χ0v) is 10.4. The van der Waals surface area contributed by atoms with E-state index in [0.717, 1.165) is 4.88 Å². The number of carbonyl (C=O) groups excluding carboxylic acids is 2. The maximum absolute atomic E-state index is 11.5. The number of thiophene rings is 1. The average Bonchev–Trinajstić information content (AvgIpc) is 2.60. The number of esters is 1. The maximum atomic E-state index is 11.5. The number of hydrogen-bond acceptors (Lipinski definition) is 4. The SMILES string of the molecule is Cc1ccc(C(=O)NCC(=O)OC(C)C)s1. The van der Waals surface area contributed by atoms with Crippen molar-refractivity contribution in [1.82, 2.24) is 5.32 Å². The molecular weight excluding hydrogens is 226 g/mol. The number of nitrogens with one attached hydrogen (secondary N) is 1. The summed E-state index contributed by atoms with van der Waals surface area (Å²) in [4.78, 5) is 24.4. The summed E-state index contributed by atoms with van der Waals surface area (Å²) in [7, 11) is 0. The van der Waals surface area contributed by atoms with E-state index in [9.17, 15) is 9.59 Å². The van der Waals surface area contributed by atoms with Crippen LogP contribution < -0.4 is 5.32 Å². The van der Waals surface area contributed by atoms with Crippen molar-refractivity contribution < 1.29 is 14.3 Å². The predicted octanol–water partition coefficient (Wildman–Crippen LogP) is 1.74. The molecule has 0 spiro atoms. The van der Waals surface area contributed by atoms with Crippen LogP contribution in [0.2, 0.25) is 0 Å². The molecule has 16 heavy (non-hydrogen) atoms. The molecule has 88 valence electrons. The van der Waals surface area contributed by atoms with Crippen LogP contribution in [-0.4, -0.2) is 24.5 Å². The van der Waals surface area contributed by atoms with Crippen molar-refractivity contribution in [1.29, 1.82) is 0 Å². The fourth-order valence-electron chi connectivity index (χ4n) is 1.10. The Bertz CT molecular complexity index is 384. The lowest BCUT2D eigenvalue weighted by molar-refractivity contribution is -0.146. The normalized spacial score (nSPS) is 10.2. The third-order valence-electron chi connectivity index (χ3n) is 1.72. The summed E-state index contributed by atoms with van der Waals surface area (Å²) in [6.07, 6.45) is -0.159. The highest BCUT2D eigenvalue weighted by molar-refractivity contribution is 7.13. The first kappa shape index (κ1) is 12.7. The van der Waals surface area contributed by atoms with Gasteiger partial charge in [0.05, 0.1) is 11.0 Å². The van der Waals surface area contributed by atoms with Crippen LogP contribution in [0.15, 0.2) is 12.1 Å². The molecule has 1 N–H and O–H groups in total. The number of rotatable bonds is 4. The van der Waals surface area contributed by atoms with Gasteiger partial charge < -0.3 is 10.1 Å². The quantitative estimate of drug-likeness (QED) is 0.817. The Morgan fingerprint density at radius 1 is 1.44 bits per heavy atom. The minimum atomic E-state index is -0.420. The first-order chi connectivity index (χ1) is 7.49. The fraction of sp³-hybridized carbons (Fsp3) is 0.455. The van der Waals surface area contributed by atoms with E-state index >= 15 is 0 Å². The van der Waals surface area contributed by atoms with Crippen LogP contribution in [0.25, 0.3) is 0 Å². The van der Waals surface area contributed by atoms with E-state index in [-0.39, 0.29) is 18.6 Å². The standard InChI is InChI=1S/C11H15NO3S/c1-7(2)15-10(13)6-12-11(14)9-5-4-8(3)16-9/h4-5,7H,6H2,1-3H3,(H,12,14). The number of aryl methyl sites for hydroxylation is 1. The Labute approximate surface area is 98.6 Å². The number of ether oxygens (including phenoxy) is 1. The van der Waals surface area contributed by atoms with Gasteiger partial charge in [-0.1, -0.05) is 0 Å². The molecule has 0 atom stereocenters. The Hall–Kier alpha value is -1.36. The van der Waals surface area contributed by atoms with Gasteiger partial charge in [0.25, 0.3) is 5.91 Å². The number of carbonyl (C=O) groups is 2. The van der Waals surface area contributed by atoms with Gasteiger partial charge in [-0.2, -0.15) is 0 Å². The van der Waals surface area contributed by atoms with Gasteiger partial charge in [0.1, 0.15) is 6.54 Å². The van der Waals surface area contributed by atoms with Crippen LogP contribution in [0.3, 0.4) is 0 Å². The fourth-order valence-corrected chi connectivity index (χ4v) is 1.88. The zero-order valence-electron chi connectivity index (χ0n) is 9.57. The van der Waals surface area contributed by atoms with E-state index in [1.165, 1.54) is 11.3 Å². The molecule has 1 rings (SSSR count). The van der Waals surface area contributed by atoms with Crippen molar-refractivity contribution in [3.63, 3.8) is 0 Å². The highest BCUT2D eigenvalue weighted by Crippen LogP contribution is 2.14. The van der Waals surface area contributed by atoms with Crippen LogP contribution >= 0.6 is 11.3 Å². The van der Waals surface area contributed by atoms with E-state index in [2.05, 4.69) is 5.32 Å². The predicted molar refractivity (Wildman–Crippen MR) is 62.6 cm³/mol. The summed E-state index contributed by atoms with van der Waals surface area (Å²) in [6, 6.07) is 3.61. The monoisotopic (exact) mass is 241 g/mol. The summed E-state index contributed by atoms with van der Waals surface area (Å²) in [5.41, 5.74) is 0. The number of amides is 1. The van der Waals surface area contributed by atoms with Crippen molar-refractivity contribution in [2.45, 2.75) is 26.9 Å². The molecule has 0 aromatic carbocycles. The molecule has 5 heteroatoms. The minimum absolute atomic E-state index is 0.0893. The third-order valence-corrected chi connectivity index (χ3v) is 2.72. The summed E-state index contributed by atoms with van der Waals surface area (Å²) in [6.45, 7) is 5.37. The van der Waals surface area contributed by atoms with E-state index in [1.807, 2.05) is 13.0 Å². The summed E-state index contributed by atoms with van der Waals surface area (Å²) >= 11 is 1.40. The second kappa shape index (κ2) is 5.65. The molecule has 0 saturated heterocycles. The molecular formula is C11H15NO3S. The van der Waals surface area contributed by atoms with Gasteiger partial charge in [-0.05, 0) is 32.9 Å². The molecule has 1 heterocycles. The Kier molecular flexibility index (Phi) is 4.49. The van der Waals surface area contributed by atoms with Crippen LogP contribution in [0, 0.1) is 6.92 Å². The van der Waals surface area contributed by atoms with Crippen LogP contribution in [0.4, 0.5) is 0 Å². The van der Waals surface area contributed by atoms with Crippen molar-refractivity contribution in [3.05, 3.63) is 21.9 Å². The smallest absolute Gasteiger partial charge is 0.325 e. The Morgan fingerprint density at radius 3 is 2.62 bits per heavy atom. The summed E-state index contributed by atoms with van der Waals surface area (Å²) < 4.78 is 4.89. The minimum Gasteiger partial charge on any atom is -0.462 e. The molecule has 0 radical (unpaired) electrons. The first-order valence-electron chi connectivity index (χ1n) is 5.03. The van der Waals surface area contributed by atoms with Gasteiger partial charge in [-0.3, -0.25) is 9.59 Å². The van der Waals surface area contributed by atoms with Gasteiger partial charge in [-0.25, -0.2) is 0 Å². The van der Waals surface area contributed by atoms with Crippen LogP contribution in [0.1, 0.15) is 28.4 Å². The largest absolute Gasteiger partial charge is 0.462 e. The topological polar surface area (TPSA) is 55.4 Å². The lowest BCUT2D eigenvalue weighted by atomic mass is 10.4. The Balaban J connectivity index is 2.38. The van der Waals surface area contributed by atoms with E-state index in [0.29, 0.717) is 4.88 Å². The van der Waals surface area contributed by atoms with Gasteiger partial charge >= 0.3 is 5.97 Å². The average molecular weight is 241 g/mol. The van der Waals surface area contributed by atoms with Crippen molar-refractivity contribution in [2.24, 2.45) is 0 Å². The lowest BCUT2D eigenvalue weighted by Gasteiger charge is -2.08. The molecule has 1 amide bonds.